The number of para-hydroxylation sites is 1. The largest absolute Gasteiger partial charge is 0.454 e. The van der Waals surface area contributed by atoms with E-state index in [4.69, 9.17) is 24.5 Å². The number of carbonyl (C=O) groups excluding carboxylic acids is 1. The monoisotopic (exact) mass is 458 g/mol. The second kappa shape index (κ2) is 9.01. The Kier molecular flexibility index (Phi) is 5.75. The van der Waals surface area contributed by atoms with E-state index in [1.165, 1.54) is 0 Å². The maximum absolute atomic E-state index is 12.5. The highest BCUT2D eigenvalue weighted by Gasteiger charge is 2.19. The fraction of sp³-hybridized carbons (Fsp3) is 0.280. The number of amides is 1. The Hall–Kier alpha value is -4.14. The van der Waals surface area contributed by atoms with E-state index in [9.17, 15) is 4.79 Å². The van der Waals surface area contributed by atoms with Gasteiger partial charge in [0.15, 0.2) is 17.1 Å². The number of hydrogen-bond donors (Lipinski definition) is 2. The third-order valence-electron chi connectivity index (χ3n) is 5.75. The molecule has 0 unspecified atom stereocenters. The molecule has 0 radical (unpaired) electrons. The highest BCUT2D eigenvalue weighted by atomic mass is 16.7. The van der Waals surface area contributed by atoms with E-state index in [0.29, 0.717) is 36.6 Å². The van der Waals surface area contributed by atoms with Crippen LogP contribution in [0.2, 0.25) is 0 Å². The molecule has 0 saturated carbocycles. The van der Waals surface area contributed by atoms with E-state index in [-0.39, 0.29) is 12.7 Å². The molecule has 2 aromatic carbocycles. The van der Waals surface area contributed by atoms with Crippen LogP contribution in [0, 0.1) is 13.8 Å². The van der Waals surface area contributed by atoms with Crippen molar-refractivity contribution in [1.29, 1.82) is 0 Å². The number of rotatable bonds is 7. The number of ether oxygens (including phenoxy) is 2. The van der Waals surface area contributed by atoms with Crippen molar-refractivity contribution in [2.45, 2.75) is 27.2 Å². The lowest BCUT2D eigenvalue weighted by molar-refractivity contribution is 0.0954. The molecule has 2 N–H and O–H groups in total. The zero-order chi connectivity index (χ0) is 23.7. The van der Waals surface area contributed by atoms with Crippen LogP contribution in [0.15, 0.2) is 42.5 Å². The minimum absolute atomic E-state index is 0.175. The zero-order valence-corrected chi connectivity index (χ0v) is 19.4. The van der Waals surface area contributed by atoms with Gasteiger partial charge in [-0.1, -0.05) is 25.1 Å². The Bertz CT molecular complexity index is 1380. The van der Waals surface area contributed by atoms with Gasteiger partial charge in [-0.3, -0.25) is 4.79 Å². The van der Waals surface area contributed by atoms with Gasteiger partial charge in [0.1, 0.15) is 11.6 Å². The van der Waals surface area contributed by atoms with Crippen molar-refractivity contribution in [1.82, 2.24) is 25.1 Å². The molecule has 0 aliphatic carbocycles. The van der Waals surface area contributed by atoms with Crippen molar-refractivity contribution >= 4 is 22.8 Å². The van der Waals surface area contributed by atoms with E-state index in [1.807, 2.05) is 36.7 Å². The van der Waals surface area contributed by atoms with Gasteiger partial charge in [0.2, 0.25) is 6.79 Å². The predicted octanol–water partition coefficient (Wildman–Crippen LogP) is 3.57. The van der Waals surface area contributed by atoms with E-state index >= 15 is 0 Å². The first-order valence-electron chi connectivity index (χ1n) is 11.3. The van der Waals surface area contributed by atoms with Crippen LogP contribution in [-0.4, -0.2) is 45.5 Å². The maximum Gasteiger partial charge on any atom is 0.251 e. The minimum Gasteiger partial charge on any atom is -0.454 e. The number of nitrogens with one attached hydrogen (secondary N) is 2. The summed E-state index contributed by atoms with van der Waals surface area (Å²) in [4.78, 5) is 22.0. The first kappa shape index (κ1) is 21.7. The number of carbonyl (C=O) groups is 1. The third kappa shape index (κ3) is 4.00. The second-order valence-electron chi connectivity index (χ2n) is 8.08. The molecule has 34 heavy (non-hydrogen) atoms. The van der Waals surface area contributed by atoms with Crippen LogP contribution in [0.25, 0.3) is 16.7 Å². The normalized spacial score (nSPS) is 12.2. The average Bonchev–Trinajstić information content (AvgIpc) is 3.45. The van der Waals surface area contributed by atoms with Gasteiger partial charge in [0.05, 0.1) is 16.8 Å². The number of anilines is 1. The Morgan fingerprint density at radius 1 is 1.06 bits per heavy atom. The van der Waals surface area contributed by atoms with Crippen molar-refractivity contribution in [3.8, 4) is 17.2 Å². The molecule has 9 heteroatoms. The smallest absolute Gasteiger partial charge is 0.251 e. The Morgan fingerprint density at radius 2 is 1.88 bits per heavy atom. The van der Waals surface area contributed by atoms with Crippen LogP contribution >= 0.6 is 0 Å². The molecule has 174 valence electrons. The van der Waals surface area contributed by atoms with Crippen molar-refractivity contribution in [3.05, 3.63) is 65.1 Å². The molecule has 3 heterocycles. The Balaban J connectivity index is 1.33. The maximum atomic E-state index is 12.5. The van der Waals surface area contributed by atoms with Gasteiger partial charge in [-0.15, -0.1) is 0 Å². The molecule has 4 aromatic rings. The van der Waals surface area contributed by atoms with Gasteiger partial charge in [-0.2, -0.15) is 5.10 Å². The lowest BCUT2D eigenvalue weighted by Gasteiger charge is -2.11. The first-order chi connectivity index (χ1) is 16.5. The summed E-state index contributed by atoms with van der Waals surface area (Å²) in [5, 5.41) is 11.9. The fourth-order valence-corrected chi connectivity index (χ4v) is 3.98. The molecular formula is C25H26N6O3. The van der Waals surface area contributed by atoms with Crippen LogP contribution < -0.4 is 20.1 Å². The van der Waals surface area contributed by atoms with Gasteiger partial charge < -0.3 is 20.1 Å². The van der Waals surface area contributed by atoms with Crippen LogP contribution in [0.1, 0.15) is 34.4 Å². The summed E-state index contributed by atoms with van der Waals surface area (Å²) < 4.78 is 12.5. The summed E-state index contributed by atoms with van der Waals surface area (Å²) in [6, 6.07) is 13.3. The van der Waals surface area contributed by atoms with Crippen molar-refractivity contribution in [3.63, 3.8) is 0 Å². The summed E-state index contributed by atoms with van der Waals surface area (Å²) in [5.74, 6) is 2.51. The highest BCUT2D eigenvalue weighted by Crippen LogP contribution is 2.32. The summed E-state index contributed by atoms with van der Waals surface area (Å²) in [7, 11) is 0. The SMILES string of the molecule is CCc1nc(NCCNC(=O)c2ccc3c(c2)OCO3)c2c(C)nn(-c3ccccc3C)c2n1. The molecule has 0 saturated heterocycles. The molecule has 0 bridgehead atoms. The highest BCUT2D eigenvalue weighted by molar-refractivity contribution is 5.95. The van der Waals surface area contributed by atoms with E-state index < -0.39 is 0 Å². The zero-order valence-electron chi connectivity index (χ0n) is 19.4. The number of hydrogen-bond acceptors (Lipinski definition) is 7. The molecule has 0 atom stereocenters. The van der Waals surface area contributed by atoms with Crippen LogP contribution in [0.5, 0.6) is 11.5 Å². The predicted molar refractivity (Wildman–Crippen MR) is 129 cm³/mol. The molecule has 5 rings (SSSR count). The lowest BCUT2D eigenvalue weighted by Crippen LogP contribution is -2.29. The summed E-state index contributed by atoms with van der Waals surface area (Å²) >= 11 is 0. The Labute approximate surface area is 197 Å². The van der Waals surface area contributed by atoms with Crippen molar-refractivity contribution in [2.24, 2.45) is 0 Å². The van der Waals surface area contributed by atoms with Gasteiger partial charge in [-0.05, 0) is 43.7 Å². The first-order valence-corrected chi connectivity index (χ1v) is 11.3. The van der Waals surface area contributed by atoms with Crippen LogP contribution in [0.3, 0.4) is 0 Å². The van der Waals surface area contributed by atoms with E-state index in [1.54, 1.807) is 18.2 Å². The number of fused-ring (bicyclic) bond motifs is 2. The number of nitrogens with zero attached hydrogens (tertiary/aromatic N) is 4. The quantitative estimate of drug-likeness (QED) is 0.408. The average molecular weight is 459 g/mol. The van der Waals surface area contributed by atoms with Crippen molar-refractivity contribution < 1.29 is 14.3 Å². The standard InChI is InChI=1S/C25H26N6O3/c1-4-21-28-23(22-16(3)30-31(24(22)29-21)18-8-6-5-7-15(18)2)26-11-12-27-25(32)17-9-10-19-20(13-17)34-14-33-19/h5-10,13H,4,11-12,14H2,1-3H3,(H,27,32)(H,26,28,29). The molecule has 9 nitrogen and oxygen atoms in total. The van der Waals surface area contributed by atoms with Crippen LogP contribution in [0.4, 0.5) is 5.82 Å². The van der Waals surface area contributed by atoms with Crippen molar-refractivity contribution in [2.75, 3.05) is 25.2 Å². The molecule has 1 aliphatic rings. The lowest BCUT2D eigenvalue weighted by atomic mass is 10.2. The Morgan fingerprint density at radius 3 is 2.71 bits per heavy atom. The number of aryl methyl sites for hydroxylation is 3. The summed E-state index contributed by atoms with van der Waals surface area (Å²) in [6.45, 7) is 7.14. The summed E-state index contributed by atoms with van der Waals surface area (Å²) in [6.07, 6.45) is 0.698. The molecular weight excluding hydrogens is 432 g/mol. The summed E-state index contributed by atoms with van der Waals surface area (Å²) in [5.41, 5.74) is 4.24. The molecule has 1 aliphatic heterocycles. The minimum atomic E-state index is -0.175. The number of benzene rings is 2. The van der Waals surface area contributed by atoms with Gasteiger partial charge in [0, 0.05) is 25.1 Å². The third-order valence-corrected chi connectivity index (χ3v) is 5.75. The molecule has 1 amide bonds. The molecule has 0 spiro atoms. The fourth-order valence-electron chi connectivity index (χ4n) is 3.98. The second-order valence-corrected chi connectivity index (χ2v) is 8.08. The van der Waals surface area contributed by atoms with E-state index in [2.05, 4.69) is 23.6 Å². The van der Waals surface area contributed by atoms with Gasteiger partial charge in [-0.25, -0.2) is 14.6 Å². The molecule has 0 fully saturated rings. The van der Waals surface area contributed by atoms with Crippen LogP contribution in [-0.2, 0) is 6.42 Å². The van der Waals surface area contributed by atoms with E-state index in [0.717, 1.165) is 39.6 Å². The topological polar surface area (TPSA) is 103 Å². The van der Waals surface area contributed by atoms with Gasteiger partial charge >= 0.3 is 0 Å². The molecule has 2 aromatic heterocycles. The number of aromatic nitrogens is 4. The van der Waals surface area contributed by atoms with Gasteiger partial charge in [0.25, 0.3) is 5.91 Å².